The Morgan fingerprint density at radius 3 is 2.50 bits per heavy atom. The van der Waals surface area contributed by atoms with Gasteiger partial charge in [-0.1, -0.05) is 17.7 Å². The van der Waals surface area contributed by atoms with Gasteiger partial charge in [-0.25, -0.2) is 4.79 Å². The smallest absolute Gasteiger partial charge is 0.423 e. The number of rotatable bonds is 1. The van der Waals surface area contributed by atoms with Gasteiger partial charge in [0.2, 0.25) is 0 Å². The molecule has 0 aliphatic heterocycles. The van der Waals surface area contributed by atoms with Gasteiger partial charge in [-0.15, -0.1) is 0 Å². The van der Waals surface area contributed by atoms with Crippen LogP contribution in [0.4, 0.5) is 0 Å². The fourth-order valence-corrected chi connectivity index (χ4v) is 1.53. The molecule has 5 nitrogen and oxygen atoms in total. The number of hydrogen-bond acceptors (Lipinski definition) is 3. The van der Waals surface area contributed by atoms with E-state index in [1.54, 1.807) is 0 Å². The molecule has 7 heteroatoms. The molecule has 0 bridgehead atoms. The summed E-state index contributed by atoms with van der Waals surface area (Å²) in [5.41, 5.74) is 0.470. The lowest BCUT2D eigenvalue weighted by atomic mass is 9.79. The van der Waals surface area contributed by atoms with Crippen molar-refractivity contribution in [2.45, 2.75) is 0 Å². The third-order valence-electron chi connectivity index (χ3n) is 1.94. The highest BCUT2D eigenvalue weighted by Gasteiger charge is 2.17. The van der Waals surface area contributed by atoms with Crippen LogP contribution in [0.2, 0.25) is 5.02 Å². The molecule has 14 heavy (non-hydrogen) atoms. The second-order valence-corrected chi connectivity index (χ2v) is 3.25. The van der Waals surface area contributed by atoms with E-state index in [4.69, 9.17) is 21.6 Å². The minimum Gasteiger partial charge on any atom is -0.423 e. The molecule has 1 aromatic carbocycles. The zero-order valence-corrected chi connectivity index (χ0v) is 7.67. The van der Waals surface area contributed by atoms with Crippen molar-refractivity contribution in [2.75, 3.05) is 0 Å². The van der Waals surface area contributed by atoms with Gasteiger partial charge in [-0.3, -0.25) is 0 Å². The van der Waals surface area contributed by atoms with Crippen LogP contribution in [0.3, 0.4) is 0 Å². The summed E-state index contributed by atoms with van der Waals surface area (Å²) in [7, 11) is -1.64. The summed E-state index contributed by atoms with van der Waals surface area (Å²) in [6, 6.07) is 2.93. The van der Waals surface area contributed by atoms with Gasteiger partial charge in [0, 0.05) is 5.46 Å². The predicted molar refractivity (Wildman–Crippen MR) is 53.8 cm³/mol. The SMILES string of the molecule is O=c1[nH]c2c(Cl)ccc(B(O)O)c2[nH]1. The Morgan fingerprint density at radius 2 is 1.86 bits per heavy atom. The molecule has 0 amide bonds. The number of nitrogens with one attached hydrogen (secondary N) is 2. The fourth-order valence-electron chi connectivity index (χ4n) is 1.32. The van der Waals surface area contributed by atoms with Gasteiger partial charge in [-0.2, -0.15) is 0 Å². The number of benzene rings is 1. The summed E-state index contributed by atoms with van der Waals surface area (Å²) in [5.74, 6) is 0. The van der Waals surface area contributed by atoms with Crippen LogP contribution in [-0.4, -0.2) is 27.1 Å². The molecule has 0 aliphatic rings. The van der Waals surface area contributed by atoms with Gasteiger partial charge in [-0.05, 0) is 6.07 Å². The van der Waals surface area contributed by atoms with E-state index in [0.717, 1.165) is 0 Å². The highest BCUT2D eigenvalue weighted by molar-refractivity contribution is 6.62. The zero-order chi connectivity index (χ0) is 10.3. The topological polar surface area (TPSA) is 89.1 Å². The lowest BCUT2D eigenvalue weighted by Gasteiger charge is -2.01. The number of imidazole rings is 1. The van der Waals surface area contributed by atoms with Crippen molar-refractivity contribution >= 4 is 35.2 Å². The Balaban J connectivity index is 2.87. The van der Waals surface area contributed by atoms with Crippen LogP contribution in [0.1, 0.15) is 0 Å². The third kappa shape index (κ3) is 1.33. The van der Waals surface area contributed by atoms with Crippen molar-refractivity contribution in [3.8, 4) is 0 Å². The van der Waals surface area contributed by atoms with E-state index in [-0.39, 0.29) is 5.46 Å². The summed E-state index contributed by atoms with van der Waals surface area (Å²) < 4.78 is 0. The molecule has 0 fully saturated rings. The van der Waals surface area contributed by atoms with E-state index in [9.17, 15) is 4.79 Å². The zero-order valence-electron chi connectivity index (χ0n) is 6.91. The van der Waals surface area contributed by atoms with Crippen molar-refractivity contribution in [2.24, 2.45) is 0 Å². The molecule has 4 N–H and O–H groups in total. The molecule has 0 saturated heterocycles. The molecule has 0 saturated carbocycles. The second kappa shape index (κ2) is 3.16. The van der Waals surface area contributed by atoms with Gasteiger partial charge in [0.1, 0.15) is 0 Å². The van der Waals surface area contributed by atoms with Crippen LogP contribution in [-0.2, 0) is 0 Å². The van der Waals surface area contributed by atoms with E-state index in [1.165, 1.54) is 12.1 Å². The molecular formula is C7H6BClN2O3. The summed E-state index contributed by atoms with van der Waals surface area (Å²) in [6.45, 7) is 0. The van der Waals surface area contributed by atoms with E-state index in [1.807, 2.05) is 0 Å². The first-order valence-electron chi connectivity index (χ1n) is 3.86. The van der Waals surface area contributed by atoms with E-state index in [0.29, 0.717) is 16.1 Å². The van der Waals surface area contributed by atoms with Gasteiger partial charge >= 0.3 is 12.8 Å². The minimum atomic E-state index is -1.64. The maximum absolute atomic E-state index is 11.0. The molecular weight excluding hydrogens is 206 g/mol. The van der Waals surface area contributed by atoms with Crippen LogP contribution in [0.5, 0.6) is 0 Å². The average molecular weight is 212 g/mol. The third-order valence-corrected chi connectivity index (χ3v) is 2.26. The summed E-state index contributed by atoms with van der Waals surface area (Å²) in [5, 5.41) is 18.3. The van der Waals surface area contributed by atoms with Crippen LogP contribution in [0, 0.1) is 0 Å². The number of aromatic amines is 2. The summed E-state index contributed by atoms with van der Waals surface area (Å²) in [4.78, 5) is 15.9. The fraction of sp³-hybridized carbons (Fsp3) is 0. The Morgan fingerprint density at radius 1 is 1.21 bits per heavy atom. The molecule has 0 radical (unpaired) electrons. The molecule has 0 aliphatic carbocycles. The number of aromatic nitrogens is 2. The molecule has 1 heterocycles. The van der Waals surface area contributed by atoms with Gasteiger partial charge in [0.15, 0.2) is 0 Å². The maximum Gasteiger partial charge on any atom is 0.490 e. The Hall–Kier alpha value is -1.24. The van der Waals surface area contributed by atoms with Gasteiger partial charge in [0.05, 0.1) is 16.1 Å². The molecule has 1 aromatic heterocycles. The minimum absolute atomic E-state index is 0.211. The Kier molecular flexibility index (Phi) is 2.11. The molecule has 72 valence electrons. The summed E-state index contributed by atoms with van der Waals surface area (Å²) in [6.07, 6.45) is 0. The maximum atomic E-state index is 11.0. The van der Waals surface area contributed by atoms with Crippen LogP contribution >= 0.6 is 11.6 Å². The normalized spacial score (nSPS) is 10.8. The lowest BCUT2D eigenvalue weighted by molar-refractivity contribution is 0.426. The van der Waals surface area contributed by atoms with E-state index >= 15 is 0 Å². The first-order chi connectivity index (χ1) is 6.59. The van der Waals surface area contributed by atoms with Crippen molar-refractivity contribution in [1.29, 1.82) is 0 Å². The van der Waals surface area contributed by atoms with E-state index < -0.39 is 12.8 Å². The second-order valence-electron chi connectivity index (χ2n) is 2.84. The lowest BCUT2D eigenvalue weighted by Crippen LogP contribution is -2.30. The molecule has 0 unspecified atom stereocenters. The Bertz CT molecular complexity index is 533. The van der Waals surface area contributed by atoms with Crippen molar-refractivity contribution in [3.05, 3.63) is 27.6 Å². The number of fused-ring (bicyclic) bond motifs is 1. The largest absolute Gasteiger partial charge is 0.490 e. The molecule has 0 spiro atoms. The Labute approximate surface area is 83.5 Å². The van der Waals surface area contributed by atoms with Gasteiger partial charge in [0.25, 0.3) is 0 Å². The number of H-pyrrole nitrogens is 2. The van der Waals surface area contributed by atoms with Gasteiger partial charge < -0.3 is 20.0 Å². The number of halogens is 1. The molecule has 0 atom stereocenters. The van der Waals surface area contributed by atoms with Crippen molar-refractivity contribution in [1.82, 2.24) is 9.97 Å². The average Bonchev–Trinajstić information content (AvgIpc) is 2.47. The highest BCUT2D eigenvalue weighted by atomic mass is 35.5. The van der Waals surface area contributed by atoms with Crippen molar-refractivity contribution < 1.29 is 10.0 Å². The van der Waals surface area contributed by atoms with Crippen LogP contribution in [0.15, 0.2) is 16.9 Å². The van der Waals surface area contributed by atoms with E-state index in [2.05, 4.69) is 9.97 Å². The predicted octanol–water partition coefficient (Wildman–Crippen LogP) is -0.811. The first kappa shape index (κ1) is 9.33. The van der Waals surface area contributed by atoms with Crippen LogP contribution < -0.4 is 11.2 Å². The molecule has 2 rings (SSSR count). The summed E-state index contributed by atoms with van der Waals surface area (Å²) >= 11 is 5.79. The van der Waals surface area contributed by atoms with Crippen LogP contribution in [0.25, 0.3) is 11.0 Å². The quantitative estimate of drug-likeness (QED) is 0.466. The number of hydrogen-bond donors (Lipinski definition) is 4. The first-order valence-corrected chi connectivity index (χ1v) is 4.24. The molecule has 2 aromatic rings. The highest BCUT2D eigenvalue weighted by Crippen LogP contribution is 2.16. The monoisotopic (exact) mass is 212 g/mol. The standard InChI is InChI=1S/C7H6BClN2O3/c9-4-2-1-3(8(13)14)5-6(4)11-7(12)10-5/h1-2,13-14H,(H2,10,11,12). The van der Waals surface area contributed by atoms with Crippen molar-refractivity contribution in [3.63, 3.8) is 0 Å².